The summed E-state index contributed by atoms with van der Waals surface area (Å²) in [6.45, 7) is 7.30. The van der Waals surface area contributed by atoms with Crippen molar-refractivity contribution in [1.29, 1.82) is 0 Å². The first-order valence-electron chi connectivity index (χ1n) is 6.65. The van der Waals surface area contributed by atoms with Crippen LogP contribution in [-0.4, -0.2) is 60.0 Å². The van der Waals surface area contributed by atoms with Crippen molar-refractivity contribution in [2.45, 2.75) is 20.8 Å². The monoisotopic (exact) mass is 282 g/mol. The lowest BCUT2D eigenvalue weighted by molar-refractivity contribution is -0.132. The number of hydrogen-bond donors (Lipinski definition) is 1. The van der Waals surface area contributed by atoms with E-state index in [4.69, 9.17) is 4.52 Å². The van der Waals surface area contributed by atoms with Crippen molar-refractivity contribution in [2.75, 3.05) is 38.5 Å². The normalized spacial score (nSPS) is 10.7. The average molecular weight is 282 g/mol. The standard InChI is InChI=1S/C13H22N4O3/c1-5-17(6-2)13(19)9-16(4)8-12(18)14-11-7-10(3)20-15-11/h7H,5-6,8-9H2,1-4H3,(H,14,15,18). The molecular weight excluding hydrogens is 260 g/mol. The number of anilines is 1. The van der Waals surface area contributed by atoms with E-state index < -0.39 is 0 Å². The topological polar surface area (TPSA) is 78.7 Å². The summed E-state index contributed by atoms with van der Waals surface area (Å²) >= 11 is 0. The number of likely N-dealkylation sites (N-methyl/N-ethyl adjacent to an activating group) is 2. The smallest absolute Gasteiger partial charge is 0.239 e. The number of nitrogens with one attached hydrogen (secondary N) is 1. The molecule has 0 aliphatic carbocycles. The predicted molar refractivity (Wildman–Crippen MR) is 75.3 cm³/mol. The Morgan fingerprint density at radius 3 is 2.45 bits per heavy atom. The van der Waals surface area contributed by atoms with Crippen molar-refractivity contribution in [3.63, 3.8) is 0 Å². The molecule has 1 N–H and O–H groups in total. The van der Waals surface area contributed by atoms with E-state index in [-0.39, 0.29) is 24.9 Å². The van der Waals surface area contributed by atoms with Gasteiger partial charge in [-0.25, -0.2) is 0 Å². The lowest BCUT2D eigenvalue weighted by atomic mass is 10.4. The molecule has 0 bridgehead atoms. The Morgan fingerprint density at radius 1 is 1.30 bits per heavy atom. The molecule has 112 valence electrons. The van der Waals surface area contributed by atoms with Gasteiger partial charge < -0.3 is 14.7 Å². The molecule has 0 spiro atoms. The third-order valence-electron chi connectivity index (χ3n) is 2.83. The van der Waals surface area contributed by atoms with Crippen LogP contribution in [0.15, 0.2) is 10.6 Å². The largest absolute Gasteiger partial charge is 0.360 e. The highest BCUT2D eigenvalue weighted by Crippen LogP contribution is 2.06. The summed E-state index contributed by atoms with van der Waals surface area (Å²) in [6.07, 6.45) is 0. The van der Waals surface area contributed by atoms with E-state index in [1.165, 1.54) is 0 Å². The highest BCUT2D eigenvalue weighted by molar-refractivity contribution is 5.91. The summed E-state index contributed by atoms with van der Waals surface area (Å²) in [7, 11) is 1.73. The molecule has 7 nitrogen and oxygen atoms in total. The second-order valence-electron chi connectivity index (χ2n) is 4.61. The van der Waals surface area contributed by atoms with Gasteiger partial charge in [-0.1, -0.05) is 5.16 Å². The summed E-state index contributed by atoms with van der Waals surface area (Å²) in [6, 6.07) is 1.64. The first kappa shape index (κ1) is 16.2. The van der Waals surface area contributed by atoms with Crippen LogP contribution < -0.4 is 5.32 Å². The minimum absolute atomic E-state index is 0.0163. The Kier molecular flexibility index (Phi) is 6.17. The summed E-state index contributed by atoms with van der Waals surface area (Å²) < 4.78 is 4.86. The molecule has 0 aliphatic rings. The predicted octanol–water partition coefficient (Wildman–Crippen LogP) is 0.722. The van der Waals surface area contributed by atoms with E-state index >= 15 is 0 Å². The molecule has 0 radical (unpaired) electrons. The van der Waals surface area contributed by atoms with Crippen LogP contribution in [0.1, 0.15) is 19.6 Å². The molecule has 1 aromatic heterocycles. The highest BCUT2D eigenvalue weighted by atomic mass is 16.5. The minimum atomic E-state index is -0.229. The van der Waals surface area contributed by atoms with Gasteiger partial charge in [0.15, 0.2) is 5.82 Å². The molecule has 7 heteroatoms. The quantitative estimate of drug-likeness (QED) is 0.797. The van der Waals surface area contributed by atoms with Gasteiger partial charge in [0.25, 0.3) is 0 Å². The second-order valence-corrected chi connectivity index (χ2v) is 4.61. The minimum Gasteiger partial charge on any atom is -0.360 e. The van der Waals surface area contributed by atoms with Crippen LogP contribution in [0.4, 0.5) is 5.82 Å². The molecule has 0 fully saturated rings. The van der Waals surface area contributed by atoms with E-state index in [0.29, 0.717) is 24.7 Å². The zero-order valence-corrected chi connectivity index (χ0v) is 12.5. The number of rotatable bonds is 7. The third-order valence-corrected chi connectivity index (χ3v) is 2.83. The molecule has 0 aliphatic heterocycles. The van der Waals surface area contributed by atoms with E-state index in [1.807, 2.05) is 13.8 Å². The number of carbonyl (C=O) groups is 2. The maximum atomic E-state index is 11.9. The fourth-order valence-electron chi connectivity index (χ4n) is 1.82. The van der Waals surface area contributed by atoms with Crippen LogP contribution in [0.25, 0.3) is 0 Å². The van der Waals surface area contributed by atoms with Gasteiger partial charge in [-0.05, 0) is 27.8 Å². The molecule has 1 aromatic rings. The van der Waals surface area contributed by atoms with Crippen molar-refractivity contribution in [2.24, 2.45) is 0 Å². The molecule has 0 aromatic carbocycles. The van der Waals surface area contributed by atoms with Gasteiger partial charge in [0.1, 0.15) is 5.76 Å². The van der Waals surface area contributed by atoms with Crippen molar-refractivity contribution >= 4 is 17.6 Å². The molecular formula is C13H22N4O3. The van der Waals surface area contributed by atoms with Crippen LogP contribution >= 0.6 is 0 Å². The zero-order chi connectivity index (χ0) is 15.1. The molecule has 0 unspecified atom stereocenters. The summed E-state index contributed by atoms with van der Waals surface area (Å²) in [5, 5.41) is 6.29. The first-order valence-corrected chi connectivity index (χ1v) is 6.65. The Hall–Kier alpha value is -1.89. The van der Waals surface area contributed by atoms with Crippen molar-refractivity contribution in [3.8, 4) is 0 Å². The van der Waals surface area contributed by atoms with Gasteiger partial charge in [0.2, 0.25) is 11.8 Å². The number of carbonyl (C=O) groups excluding carboxylic acids is 2. The van der Waals surface area contributed by atoms with Gasteiger partial charge >= 0.3 is 0 Å². The SMILES string of the molecule is CCN(CC)C(=O)CN(C)CC(=O)Nc1cc(C)on1. The summed E-state index contributed by atoms with van der Waals surface area (Å²) in [4.78, 5) is 27.0. The molecule has 20 heavy (non-hydrogen) atoms. The Balaban J connectivity index is 2.39. The molecule has 0 saturated heterocycles. The molecule has 0 saturated carbocycles. The van der Waals surface area contributed by atoms with Gasteiger partial charge in [-0.2, -0.15) is 0 Å². The number of hydrogen-bond acceptors (Lipinski definition) is 5. The summed E-state index contributed by atoms with van der Waals surface area (Å²) in [5.74, 6) is 0.803. The van der Waals surface area contributed by atoms with Gasteiger partial charge in [-0.3, -0.25) is 14.5 Å². The Labute approximate surface area is 118 Å². The highest BCUT2D eigenvalue weighted by Gasteiger charge is 2.15. The van der Waals surface area contributed by atoms with Crippen LogP contribution in [0.3, 0.4) is 0 Å². The fraction of sp³-hybridized carbons (Fsp3) is 0.615. The lowest BCUT2D eigenvalue weighted by Gasteiger charge is -2.22. The van der Waals surface area contributed by atoms with E-state index in [0.717, 1.165) is 0 Å². The first-order chi connectivity index (χ1) is 9.46. The van der Waals surface area contributed by atoms with Crippen LogP contribution in [0.5, 0.6) is 0 Å². The number of nitrogens with zero attached hydrogens (tertiary/aromatic N) is 3. The summed E-state index contributed by atoms with van der Waals surface area (Å²) in [5.41, 5.74) is 0. The average Bonchev–Trinajstić information content (AvgIpc) is 2.75. The van der Waals surface area contributed by atoms with Crippen LogP contribution in [-0.2, 0) is 9.59 Å². The van der Waals surface area contributed by atoms with Crippen molar-refractivity contribution < 1.29 is 14.1 Å². The molecule has 1 rings (SSSR count). The maximum Gasteiger partial charge on any atom is 0.239 e. The molecule has 1 heterocycles. The van der Waals surface area contributed by atoms with E-state index in [2.05, 4.69) is 10.5 Å². The van der Waals surface area contributed by atoms with Crippen molar-refractivity contribution in [3.05, 3.63) is 11.8 Å². The maximum absolute atomic E-state index is 11.9. The lowest BCUT2D eigenvalue weighted by Crippen LogP contribution is -2.41. The second kappa shape index (κ2) is 7.64. The zero-order valence-electron chi connectivity index (χ0n) is 12.5. The van der Waals surface area contributed by atoms with Gasteiger partial charge in [0, 0.05) is 19.2 Å². The van der Waals surface area contributed by atoms with Gasteiger partial charge in [0.05, 0.1) is 13.1 Å². The van der Waals surface area contributed by atoms with E-state index in [1.54, 1.807) is 29.8 Å². The number of aromatic nitrogens is 1. The Morgan fingerprint density at radius 2 is 1.95 bits per heavy atom. The molecule has 0 atom stereocenters. The van der Waals surface area contributed by atoms with Crippen LogP contribution in [0.2, 0.25) is 0 Å². The fourth-order valence-corrected chi connectivity index (χ4v) is 1.82. The molecule has 2 amide bonds. The van der Waals surface area contributed by atoms with Gasteiger partial charge in [-0.15, -0.1) is 0 Å². The van der Waals surface area contributed by atoms with Crippen LogP contribution in [0, 0.1) is 6.92 Å². The third kappa shape index (κ3) is 5.00. The number of aryl methyl sites for hydroxylation is 1. The van der Waals surface area contributed by atoms with E-state index in [9.17, 15) is 9.59 Å². The van der Waals surface area contributed by atoms with Crippen molar-refractivity contribution in [1.82, 2.24) is 15.0 Å². The Bertz CT molecular complexity index is 454. The number of amides is 2.